The maximum atomic E-state index is 12.2. The average Bonchev–Trinajstić information content (AvgIpc) is 3.34. The summed E-state index contributed by atoms with van der Waals surface area (Å²) in [7, 11) is 1.58. The average molecular weight is 401 g/mol. The third-order valence-electron chi connectivity index (χ3n) is 4.43. The van der Waals surface area contributed by atoms with Gasteiger partial charge < -0.3 is 19.3 Å². The molecule has 7 heteroatoms. The summed E-state index contributed by atoms with van der Waals surface area (Å²) >= 11 is 0. The molecule has 0 saturated carbocycles. The van der Waals surface area contributed by atoms with Crippen molar-refractivity contribution in [1.82, 2.24) is 15.5 Å². The standard InChI is InChI=1S/C23H19N3O4/c1-28-22-8-7-19(29-23(27)25-13-16-5-3-2-4-6-16)12-20(22)17-11-18(15-24-14-17)21-9-10-26-30-21/h2-12,14-15H,13H2,1H3,(H,25,27). The number of rotatable bonds is 6. The van der Waals surface area contributed by atoms with Gasteiger partial charge in [-0.3, -0.25) is 4.98 Å². The summed E-state index contributed by atoms with van der Waals surface area (Å²) in [5.74, 6) is 1.63. The minimum absolute atomic E-state index is 0.381. The quantitative estimate of drug-likeness (QED) is 0.504. The molecule has 150 valence electrons. The third-order valence-corrected chi connectivity index (χ3v) is 4.43. The van der Waals surface area contributed by atoms with Gasteiger partial charge in [0.25, 0.3) is 0 Å². The van der Waals surface area contributed by atoms with Gasteiger partial charge in [0.1, 0.15) is 11.5 Å². The summed E-state index contributed by atoms with van der Waals surface area (Å²) in [5, 5.41) is 6.47. The van der Waals surface area contributed by atoms with Gasteiger partial charge in [0.05, 0.1) is 13.3 Å². The van der Waals surface area contributed by atoms with Gasteiger partial charge in [-0.2, -0.15) is 0 Å². The van der Waals surface area contributed by atoms with E-state index in [1.165, 1.54) is 0 Å². The molecule has 2 aromatic heterocycles. The molecule has 0 fully saturated rings. The Balaban J connectivity index is 1.54. The van der Waals surface area contributed by atoms with Gasteiger partial charge in [0.2, 0.25) is 0 Å². The van der Waals surface area contributed by atoms with Crippen LogP contribution in [-0.4, -0.2) is 23.3 Å². The molecule has 0 aliphatic carbocycles. The van der Waals surface area contributed by atoms with E-state index in [2.05, 4.69) is 15.5 Å². The fraction of sp³-hybridized carbons (Fsp3) is 0.0870. The lowest BCUT2D eigenvalue weighted by Gasteiger charge is -2.12. The van der Waals surface area contributed by atoms with Crippen LogP contribution in [0.5, 0.6) is 11.5 Å². The van der Waals surface area contributed by atoms with Crippen LogP contribution >= 0.6 is 0 Å². The summed E-state index contributed by atoms with van der Waals surface area (Å²) in [6.07, 6.45) is 4.43. The second kappa shape index (κ2) is 8.91. The number of aromatic nitrogens is 2. The first-order valence-electron chi connectivity index (χ1n) is 9.27. The first kappa shape index (κ1) is 19.2. The van der Waals surface area contributed by atoms with E-state index in [9.17, 15) is 4.79 Å². The number of methoxy groups -OCH3 is 1. The monoisotopic (exact) mass is 401 g/mol. The molecule has 7 nitrogen and oxygen atoms in total. The highest BCUT2D eigenvalue weighted by Crippen LogP contribution is 2.34. The Kier molecular flexibility index (Phi) is 5.70. The molecule has 30 heavy (non-hydrogen) atoms. The molecule has 1 amide bonds. The zero-order chi connectivity index (χ0) is 20.8. The normalized spacial score (nSPS) is 10.4. The number of amides is 1. The van der Waals surface area contributed by atoms with Gasteiger partial charge in [-0.05, 0) is 29.8 Å². The molecule has 4 rings (SSSR count). The number of carbonyl (C=O) groups excluding carboxylic acids is 1. The van der Waals surface area contributed by atoms with Gasteiger partial charge in [0, 0.05) is 41.7 Å². The summed E-state index contributed by atoms with van der Waals surface area (Å²) in [4.78, 5) is 16.5. The number of hydrogen-bond donors (Lipinski definition) is 1. The van der Waals surface area contributed by atoms with Gasteiger partial charge in [-0.25, -0.2) is 4.79 Å². The first-order valence-corrected chi connectivity index (χ1v) is 9.27. The van der Waals surface area contributed by atoms with E-state index in [4.69, 9.17) is 14.0 Å². The Morgan fingerprint density at radius 1 is 1.03 bits per heavy atom. The summed E-state index contributed by atoms with van der Waals surface area (Å²) in [6.45, 7) is 0.381. The largest absolute Gasteiger partial charge is 0.496 e. The molecular formula is C23H19N3O4. The number of hydrogen-bond acceptors (Lipinski definition) is 6. The molecule has 0 radical (unpaired) electrons. The van der Waals surface area contributed by atoms with Crippen LogP contribution in [0.3, 0.4) is 0 Å². The molecule has 0 atom stereocenters. The van der Waals surface area contributed by atoms with Crippen molar-refractivity contribution in [1.29, 1.82) is 0 Å². The van der Waals surface area contributed by atoms with Crippen molar-refractivity contribution in [3.05, 3.63) is 84.8 Å². The van der Waals surface area contributed by atoms with Crippen LogP contribution in [-0.2, 0) is 6.54 Å². The number of pyridine rings is 1. The van der Waals surface area contributed by atoms with Gasteiger partial charge in [0.15, 0.2) is 5.76 Å². The minimum atomic E-state index is -0.538. The van der Waals surface area contributed by atoms with E-state index in [0.717, 1.165) is 22.3 Å². The highest BCUT2D eigenvalue weighted by Gasteiger charge is 2.13. The lowest BCUT2D eigenvalue weighted by Crippen LogP contribution is -2.26. The van der Waals surface area contributed by atoms with Gasteiger partial charge in [-0.15, -0.1) is 0 Å². The summed E-state index contributed by atoms with van der Waals surface area (Å²) in [5.41, 5.74) is 3.29. The maximum absolute atomic E-state index is 12.2. The van der Waals surface area contributed by atoms with Crippen LogP contribution in [0.4, 0.5) is 4.79 Å². The van der Waals surface area contributed by atoms with Gasteiger partial charge >= 0.3 is 6.09 Å². The Morgan fingerprint density at radius 2 is 1.87 bits per heavy atom. The zero-order valence-electron chi connectivity index (χ0n) is 16.2. The second-order valence-corrected chi connectivity index (χ2v) is 6.43. The molecule has 0 aliphatic rings. The molecule has 0 spiro atoms. The maximum Gasteiger partial charge on any atom is 0.412 e. The Labute approximate surface area is 173 Å². The highest BCUT2D eigenvalue weighted by molar-refractivity contribution is 5.77. The Bertz CT molecular complexity index is 1130. The topological polar surface area (TPSA) is 86.5 Å². The van der Waals surface area contributed by atoms with Crippen molar-refractivity contribution in [2.45, 2.75) is 6.54 Å². The molecule has 0 unspecified atom stereocenters. The molecule has 0 saturated heterocycles. The second-order valence-electron chi connectivity index (χ2n) is 6.43. The summed E-state index contributed by atoms with van der Waals surface area (Å²) in [6, 6.07) is 18.4. The predicted octanol–water partition coefficient (Wildman–Crippen LogP) is 4.70. The third kappa shape index (κ3) is 4.47. The van der Waals surface area contributed by atoms with Crippen molar-refractivity contribution in [2.24, 2.45) is 0 Å². The SMILES string of the molecule is COc1ccc(OC(=O)NCc2ccccc2)cc1-c1cncc(-c2ccno2)c1. The van der Waals surface area contributed by atoms with Crippen molar-refractivity contribution in [3.8, 4) is 33.9 Å². The van der Waals surface area contributed by atoms with Crippen LogP contribution in [0.2, 0.25) is 0 Å². The predicted molar refractivity (Wildman–Crippen MR) is 111 cm³/mol. The molecular weight excluding hydrogens is 382 g/mol. The van der Waals surface area contributed by atoms with Crippen LogP contribution in [0, 0.1) is 0 Å². The van der Waals surface area contributed by atoms with E-state index < -0.39 is 6.09 Å². The van der Waals surface area contributed by atoms with Crippen LogP contribution in [0.1, 0.15) is 5.56 Å². The van der Waals surface area contributed by atoms with E-state index >= 15 is 0 Å². The first-order chi connectivity index (χ1) is 14.7. The Hall–Kier alpha value is -4.13. The lowest BCUT2D eigenvalue weighted by molar-refractivity contribution is 0.200. The van der Waals surface area contributed by atoms with E-state index in [-0.39, 0.29) is 0 Å². The van der Waals surface area contributed by atoms with Crippen LogP contribution < -0.4 is 14.8 Å². The van der Waals surface area contributed by atoms with Crippen LogP contribution in [0.25, 0.3) is 22.5 Å². The van der Waals surface area contributed by atoms with Crippen molar-refractivity contribution < 1.29 is 18.8 Å². The van der Waals surface area contributed by atoms with E-state index in [0.29, 0.717) is 23.8 Å². The van der Waals surface area contributed by atoms with Crippen molar-refractivity contribution in [3.63, 3.8) is 0 Å². The fourth-order valence-electron chi connectivity index (χ4n) is 2.98. The number of nitrogens with one attached hydrogen (secondary N) is 1. The Morgan fingerprint density at radius 3 is 2.63 bits per heavy atom. The van der Waals surface area contributed by atoms with Gasteiger partial charge in [-0.1, -0.05) is 35.5 Å². The fourth-order valence-corrected chi connectivity index (χ4v) is 2.98. The molecule has 4 aromatic rings. The number of carbonyl (C=O) groups is 1. The molecule has 0 bridgehead atoms. The van der Waals surface area contributed by atoms with E-state index in [1.807, 2.05) is 36.4 Å². The highest BCUT2D eigenvalue weighted by atomic mass is 16.6. The minimum Gasteiger partial charge on any atom is -0.496 e. The van der Waals surface area contributed by atoms with E-state index in [1.54, 1.807) is 50.0 Å². The summed E-state index contributed by atoms with van der Waals surface area (Å²) < 4.78 is 16.1. The van der Waals surface area contributed by atoms with Crippen molar-refractivity contribution in [2.75, 3.05) is 7.11 Å². The molecule has 1 N–H and O–H groups in total. The number of ether oxygens (including phenoxy) is 2. The van der Waals surface area contributed by atoms with Crippen LogP contribution in [0.15, 0.2) is 83.8 Å². The molecule has 2 heterocycles. The zero-order valence-corrected chi connectivity index (χ0v) is 16.2. The molecule has 0 aliphatic heterocycles. The lowest BCUT2D eigenvalue weighted by atomic mass is 10.0. The number of benzene rings is 2. The smallest absolute Gasteiger partial charge is 0.412 e. The van der Waals surface area contributed by atoms with Crippen molar-refractivity contribution >= 4 is 6.09 Å². The number of nitrogens with zero attached hydrogens (tertiary/aromatic N) is 2. The molecule has 2 aromatic carbocycles.